The summed E-state index contributed by atoms with van der Waals surface area (Å²) in [5, 5.41) is 4.24. The van der Waals surface area contributed by atoms with Crippen LogP contribution in [0, 0.1) is 6.92 Å². The van der Waals surface area contributed by atoms with Crippen molar-refractivity contribution in [2.45, 2.75) is 13.5 Å². The summed E-state index contributed by atoms with van der Waals surface area (Å²) in [4.78, 5) is 32.2. The van der Waals surface area contributed by atoms with Crippen LogP contribution in [-0.2, 0) is 6.54 Å². The van der Waals surface area contributed by atoms with E-state index in [0.29, 0.717) is 28.2 Å². The maximum atomic E-state index is 12.8. The topological polar surface area (TPSA) is 112 Å². The summed E-state index contributed by atoms with van der Waals surface area (Å²) in [5.41, 5.74) is 1.22. The molecule has 0 radical (unpaired) electrons. The molecule has 0 aliphatic carbocycles. The average molecular weight is 378 g/mol. The van der Waals surface area contributed by atoms with Gasteiger partial charge >= 0.3 is 5.69 Å². The molecule has 0 spiro atoms. The molecule has 0 atom stereocenters. The first-order valence-corrected chi connectivity index (χ1v) is 8.54. The highest BCUT2D eigenvalue weighted by atomic mass is 16.7. The average Bonchev–Trinajstić information content (AvgIpc) is 3.33. The lowest BCUT2D eigenvalue weighted by Gasteiger charge is -2.05. The minimum Gasteiger partial charge on any atom is -0.454 e. The van der Waals surface area contributed by atoms with Crippen LogP contribution in [0.5, 0.6) is 11.5 Å². The summed E-state index contributed by atoms with van der Waals surface area (Å²) in [6, 6.07) is 10.8. The molecular weight excluding hydrogens is 364 g/mol. The zero-order chi connectivity index (χ0) is 19.3. The molecular formula is C19H14N4O5. The maximum Gasteiger partial charge on any atom is 0.329 e. The number of hydrogen-bond acceptors (Lipinski definition) is 7. The molecule has 2 aromatic heterocycles. The molecule has 0 saturated carbocycles. The van der Waals surface area contributed by atoms with Gasteiger partial charge in [0.25, 0.3) is 5.56 Å². The molecule has 1 aliphatic rings. The number of ether oxygens (including phenoxy) is 2. The maximum absolute atomic E-state index is 12.8. The van der Waals surface area contributed by atoms with Crippen LogP contribution in [0.1, 0.15) is 11.5 Å². The Bertz CT molecular complexity index is 1320. The number of nitrogens with one attached hydrogen (secondary N) is 1. The molecule has 3 heterocycles. The summed E-state index contributed by atoms with van der Waals surface area (Å²) in [6.45, 7) is 1.92. The summed E-state index contributed by atoms with van der Waals surface area (Å²) < 4.78 is 16.8. The van der Waals surface area contributed by atoms with Crippen LogP contribution in [0.25, 0.3) is 22.3 Å². The molecule has 5 rings (SSSR count). The van der Waals surface area contributed by atoms with Gasteiger partial charge in [-0.2, -0.15) is 4.98 Å². The van der Waals surface area contributed by atoms with Crippen molar-refractivity contribution < 1.29 is 14.0 Å². The largest absolute Gasteiger partial charge is 0.454 e. The van der Waals surface area contributed by atoms with Crippen LogP contribution in [-0.4, -0.2) is 26.5 Å². The van der Waals surface area contributed by atoms with Crippen molar-refractivity contribution in [2.24, 2.45) is 0 Å². The van der Waals surface area contributed by atoms with Crippen LogP contribution in [0.15, 0.2) is 50.5 Å². The molecule has 2 aromatic carbocycles. The van der Waals surface area contributed by atoms with Gasteiger partial charge < -0.3 is 19.0 Å². The molecule has 1 aliphatic heterocycles. The number of aromatic nitrogens is 4. The lowest BCUT2D eigenvalue weighted by Crippen LogP contribution is -2.35. The van der Waals surface area contributed by atoms with E-state index in [1.807, 2.05) is 31.2 Å². The van der Waals surface area contributed by atoms with Crippen molar-refractivity contribution in [3.63, 3.8) is 0 Å². The second-order valence-electron chi connectivity index (χ2n) is 6.45. The molecule has 28 heavy (non-hydrogen) atoms. The zero-order valence-corrected chi connectivity index (χ0v) is 14.8. The molecule has 0 unspecified atom stereocenters. The van der Waals surface area contributed by atoms with Crippen molar-refractivity contribution in [3.05, 3.63) is 68.7 Å². The number of nitrogens with zero attached hydrogens (tertiary/aromatic N) is 3. The molecule has 4 aromatic rings. The Morgan fingerprint density at radius 1 is 1.11 bits per heavy atom. The number of rotatable bonds is 3. The third-order valence-electron chi connectivity index (χ3n) is 4.55. The van der Waals surface area contributed by atoms with E-state index in [0.717, 1.165) is 15.7 Å². The van der Waals surface area contributed by atoms with Gasteiger partial charge in [-0.05, 0) is 13.0 Å². The van der Waals surface area contributed by atoms with Gasteiger partial charge in [-0.15, -0.1) is 0 Å². The van der Waals surface area contributed by atoms with E-state index in [2.05, 4.69) is 15.1 Å². The molecule has 9 heteroatoms. The Kier molecular flexibility index (Phi) is 3.54. The number of benzene rings is 2. The Balaban J connectivity index is 1.53. The fourth-order valence-electron chi connectivity index (χ4n) is 3.06. The SMILES string of the molecule is Cc1ccc(-c2noc(Cn3c(=O)[nH]c4cc5c(cc4c3=O)OCO5)n2)cc1. The first kappa shape index (κ1) is 16.3. The number of fused-ring (bicyclic) bond motifs is 2. The second kappa shape index (κ2) is 6.08. The minimum atomic E-state index is -0.577. The first-order chi connectivity index (χ1) is 13.6. The quantitative estimate of drug-likeness (QED) is 0.579. The van der Waals surface area contributed by atoms with Gasteiger partial charge in [-0.3, -0.25) is 9.36 Å². The number of aryl methyl sites for hydroxylation is 1. The van der Waals surface area contributed by atoms with Crippen LogP contribution in [0.2, 0.25) is 0 Å². The van der Waals surface area contributed by atoms with E-state index in [9.17, 15) is 9.59 Å². The third-order valence-corrected chi connectivity index (χ3v) is 4.55. The predicted octanol–water partition coefficient (Wildman–Crippen LogP) is 1.83. The summed E-state index contributed by atoms with van der Waals surface area (Å²) in [5.74, 6) is 1.49. The molecule has 9 nitrogen and oxygen atoms in total. The monoisotopic (exact) mass is 378 g/mol. The molecule has 0 bridgehead atoms. The summed E-state index contributed by atoms with van der Waals surface area (Å²) in [7, 11) is 0. The second-order valence-corrected chi connectivity index (χ2v) is 6.45. The highest BCUT2D eigenvalue weighted by Crippen LogP contribution is 2.34. The van der Waals surface area contributed by atoms with Gasteiger partial charge in [0.05, 0.1) is 10.9 Å². The van der Waals surface area contributed by atoms with E-state index in [-0.39, 0.29) is 19.2 Å². The van der Waals surface area contributed by atoms with Gasteiger partial charge in [0, 0.05) is 11.6 Å². The predicted molar refractivity (Wildman–Crippen MR) is 98.5 cm³/mol. The molecule has 140 valence electrons. The van der Waals surface area contributed by atoms with E-state index in [1.54, 1.807) is 12.1 Å². The lowest BCUT2D eigenvalue weighted by atomic mass is 10.1. The first-order valence-electron chi connectivity index (χ1n) is 8.54. The Labute approximate surface area is 157 Å². The van der Waals surface area contributed by atoms with Crippen molar-refractivity contribution in [2.75, 3.05) is 6.79 Å². The van der Waals surface area contributed by atoms with Crippen LogP contribution in [0.4, 0.5) is 0 Å². The normalized spacial score (nSPS) is 12.6. The summed E-state index contributed by atoms with van der Waals surface area (Å²) in [6.07, 6.45) is 0. The highest BCUT2D eigenvalue weighted by Gasteiger charge is 2.19. The van der Waals surface area contributed by atoms with Crippen LogP contribution in [0.3, 0.4) is 0 Å². The molecule has 0 saturated heterocycles. The van der Waals surface area contributed by atoms with Gasteiger partial charge in [-0.25, -0.2) is 4.79 Å². The number of H-pyrrole nitrogens is 1. The van der Waals surface area contributed by atoms with E-state index in [1.165, 1.54) is 0 Å². The van der Waals surface area contributed by atoms with Crippen molar-refractivity contribution in [3.8, 4) is 22.9 Å². The third kappa shape index (κ3) is 2.64. The smallest absolute Gasteiger partial charge is 0.329 e. The highest BCUT2D eigenvalue weighted by molar-refractivity contribution is 5.81. The lowest BCUT2D eigenvalue weighted by molar-refractivity contribution is 0.174. The van der Waals surface area contributed by atoms with E-state index >= 15 is 0 Å². The molecule has 1 N–H and O–H groups in total. The van der Waals surface area contributed by atoms with E-state index < -0.39 is 11.2 Å². The van der Waals surface area contributed by atoms with Crippen molar-refractivity contribution in [1.82, 2.24) is 19.7 Å². The fourth-order valence-corrected chi connectivity index (χ4v) is 3.06. The molecule has 0 amide bonds. The zero-order valence-electron chi connectivity index (χ0n) is 14.8. The van der Waals surface area contributed by atoms with Gasteiger partial charge in [0.15, 0.2) is 11.5 Å². The standard InChI is InChI=1S/C19H14N4O5/c1-10-2-4-11(5-3-10)17-21-16(28-22-17)8-23-18(24)12-6-14-15(27-9-26-14)7-13(12)20-19(23)25/h2-7H,8-9H2,1H3,(H,20,25). The Morgan fingerprint density at radius 2 is 1.86 bits per heavy atom. The van der Waals surface area contributed by atoms with Crippen LogP contribution >= 0.6 is 0 Å². The number of aromatic amines is 1. The van der Waals surface area contributed by atoms with Crippen molar-refractivity contribution in [1.29, 1.82) is 0 Å². The van der Waals surface area contributed by atoms with Gasteiger partial charge in [0.1, 0.15) is 6.54 Å². The Morgan fingerprint density at radius 3 is 2.64 bits per heavy atom. The minimum absolute atomic E-state index is 0.0772. The van der Waals surface area contributed by atoms with E-state index in [4.69, 9.17) is 14.0 Å². The Hall–Kier alpha value is -3.88. The fraction of sp³-hybridized carbons (Fsp3) is 0.158. The van der Waals surface area contributed by atoms with Crippen LogP contribution < -0.4 is 20.7 Å². The van der Waals surface area contributed by atoms with Gasteiger partial charge in [-0.1, -0.05) is 35.0 Å². The van der Waals surface area contributed by atoms with Gasteiger partial charge in [0.2, 0.25) is 18.5 Å². The summed E-state index contributed by atoms with van der Waals surface area (Å²) >= 11 is 0. The number of hydrogen-bond donors (Lipinski definition) is 1. The molecule has 0 fully saturated rings. The van der Waals surface area contributed by atoms with Crippen molar-refractivity contribution >= 4 is 10.9 Å².